The molecule has 0 spiro atoms. The number of rotatable bonds is 4. The second-order valence-corrected chi connectivity index (χ2v) is 8.69. The Morgan fingerprint density at radius 1 is 0.688 bits per heavy atom. The van der Waals surface area contributed by atoms with Gasteiger partial charge in [0, 0.05) is 16.7 Å². The van der Waals surface area contributed by atoms with Crippen LogP contribution < -0.4 is 0 Å². The first-order chi connectivity index (χ1) is 15.8. The molecule has 0 amide bonds. The van der Waals surface area contributed by atoms with Gasteiger partial charge in [-0.15, -0.1) is 0 Å². The van der Waals surface area contributed by atoms with E-state index in [1.54, 1.807) is 0 Å². The van der Waals surface area contributed by atoms with E-state index in [9.17, 15) is 0 Å². The van der Waals surface area contributed by atoms with Crippen molar-refractivity contribution in [1.82, 2.24) is 9.55 Å². The molecule has 0 saturated carbocycles. The molecule has 1 heterocycles. The van der Waals surface area contributed by atoms with Gasteiger partial charge in [0.15, 0.2) is 0 Å². The van der Waals surface area contributed by atoms with Gasteiger partial charge in [-0.25, -0.2) is 4.98 Å². The molecule has 0 saturated heterocycles. The molecule has 1 aliphatic rings. The largest absolute Gasteiger partial charge is 0.292 e. The maximum Gasteiger partial charge on any atom is 0.145 e. The van der Waals surface area contributed by atoms with Crippen LogP contribution in [0.4, 0.5) is 0 Å². The quantitative estimate of drug-likeness (QED) is 0.293. The average molecular weight is 415 g/mol. The number of para-hydroxylation sites is 3. The molecule has 32 heavy (non-hydrogen) atoms. The van der Waals surface area contributed by atoms with Crippen molar-refractivity contribution in [3.05, 3.63) is 108 Å². The Bertz CT molecular complexity index is 1440. The van der Waals surface area contributed by atoms with Gasteiger partial charge < -0.3 is 0 Å². The van der Waals surface area contributed by atoms with Crippen molar-refractivity contribution in [1.29, 1.82) is 0 Å². The maximum absolute atomic E-state index is 5.10. The number of imidazole rings is 1. The molecule has 0 fully saturated rings. The number of benzene rings is 4. The van der Waals surface area contributed by atoms with Gasteiger partial charge in [0.05, 0.1) is 11.0 Å². The molecule has 0 N–H and O–H groups in total. The summed E-state index contributed by atoms with van der Waals surface area (Å²) in [6.07, 6.45) is 2.18. The summed E-state index contributed by atoms with van der Waals surface area (Å²) in [5.74, 6) is 0.997. The fourth-order valence-electron chi connectivity index (χ4n) is 5.66. The summed E-state index contributed by atoms with van der Waals surface area (Å²) in [5.41, 5.74) is 10.2. The van der Waals surface area contributed by atoms with Crippen molar-refractivity contribution < 1.29 is 0 Å². The highest BCUT2D eigenvalue weighted by Gasteiger charge is 2.40. The fourth-order valence-corrected chi connectivity index (χ4v) is 5.66. The Morgan fingerprint density at radius 2 is 1.38 bits per heavy atom. The van der Waals surface area contributed by atoms with Crippen LogP contribution in [0.25, 0.3) is 39.2 Å². The number of fused-ring (bicyclic) bond motifs is 4. The molecule has 1 aliphatic carbocycles. The van der Waals surface area contributed by atoms with Gasteiger partial charge >= 0.3 is 0 Å². The Hall–Kier alpha value is -3.65. The minimum absolute atomic E-state index is 0.0610. The lowest BCUT2D eigenvalue weighted by atomic mass is 9.73. The molecule has 0 atom stereocenters. The van der Waals surface area contributed by atoms with E-state index in [0.29, 0.717) is 0 Å². The third kappa shape index (κ3) is 2.56. The summed E-state index contributed by atoms with van der Waals surface area (Å²) in [5, 5.41) is 0. The summed E-state index contributed by atoms with van der Waals surface area (Å²) in [4.78, 5) is 5.10. The van der Waals surface area contributed by atoms with Crippen molar-refractivity contribution in [3.63, 3.8) is 0 Å². The predicted octanol–water partition coefficient (Wildman–Crippen LogP) is 7.78. The van der Waals surface area contributed by atoms with Crippen molar-refractivity contribution in [2.45, 2.75) is 32.1 Å². The molecule has 0 bridgehead atoms. The molecule has 156 valence electrons. The van der Waals surface area contributed by atoms with Gasteiger partial charge in [0.25, 0.3) is 0 Å². The van der Waals surface area contributed by atoms with Gasteiger partial charge in [0.2, 0.25) is 0 Å². The first-order valence-corrected chi connectivity index (χ1v) is 11.5. The Morgan fingerprint density at radius 3 is 2.19 bits per heavy atom. The molecular formula is C30H26N2. The van der Waals surface area contributed by atoms with Crippen LogP contribution in [0.15, 0.2) is 97.1 Å². The first-order valence-electron chi connectivity index (χ1n) is 11.5. The zero-order chi connectivity index (χ0) is 21.7. The van der Waals surface area contributed by atoms with Crippen LogP contribution in [-0.4, -0.2) is 9.55 Å². The second kappa shape index (κ2) is 7.20. The maximum atomic E-state index is 5.10. The van der Waals surface area contributed by atoms with Gasteiger partial charge in [-0.3, -0.25) is 4.57 Å². The smallest absolute Gasteiger partial charge is 0.145 e. The van der Waals surface area contributed by atoms with E-state index in [1.165, 1.54) is 27.8 Å². The van der Waals surface area contributed by atoms with E-state index in [-0.39, 0.29) is 5.41 Å². The average Bonchev–Trinajstić information content (AvgIpc) is 3.38. The van der Waals surface area contributed by atoms with E-state index in [0.717, 1.165) is 35.4 Å². The van der Waals surface area contributed by atoms with Crippen LogP contribution in [0.3, 0.4) is 0 Å². The lowest BCUT2D eigenvalue weighted by Crippen LogP contribution is -2.23. The van der Waals surface area contributed by atoms with Crippen LogP contribution in [0, 0.1) is 0 Å². The minimum atomic E-state index is 0.0610. The van der Waals surface area contributed by atoms with Crippen LogP contribution in [-0.2, 0) is 5.41 Å². The highest BCUT2D eigenvalue weighted by Crippen LogP contribution is 2.53. The lowest BCUT2D eigenvalue weighted by molar-refractivity contribution is 0.490. The molecule has 0 aliphatic heterocycles. The molecule has 1 aromatic heterocycles. The Kier molecular flexibility index (Phi) is 4.29. The molecule has 0 radical (unpaired) electrons. The third-order valence-electron chi connectivity index (χ3n) is 7.31. The van der Waals surface area contributed by atoms with E-state index >= 15 is 0 Å². The molecule has 6 rings (SSSR count). The number of aromatic nitrogens is 2. The number of hydrogen-bond donors (Lipinski definition) is 0. The third-order valence-corrected chi connectivity index (χ3v) is 7.31. The summed E-state index contributed by atoms with van der Waals surface area (Å²) in [6.45, 7) is 4.64. The topological polar surface area (TPSA) is 17.8 Å². The van der Waals surface area contributed by atoms with E-state index in [2.05, 4.69) is 115 Å². The summed E-state index contributed by atoms with van der Waals surface area (Å²) in [7, 11) is 0. The van der Waals surface area contributed by atoms with Gasteiger partial charge in [-0.05, 0) is 65.4 Å². The van der Waals surface area contributed by atoms with Gasteiger partial charge in [-0.1, -0.05) is 80.6 Å². The van der Waals surface area contributed by atoms with Crippen molar-refractivity contribution >= 4 is 11.0 Å². The number of hydrogen-bond acceptors (Lipinski definition) is 1. The van der Waals surface area contributed by atoms with Crippen LogP contribution in [0.2, 0.25) is 0 Å². The van der Waals surface area contributed by atoms with E-state index in [4.69, 9.17) is 4.98 Å². The lowest BCUT2D eigenvalue weighted by Gasteiger charge is -2.29. The molecule has 5 aromatic rings. The normalized spacial score (nSPS) is 13.8. The number of nitrogens with zero attached hydrogens (tertiary/aromatic N) is 2. The predicted molar refractivity (Wildman–Crippen MR) is 133 cm³/mol. The van der Waals surface area contributed by atoms with Crippen LogP contribution >= 0.6 is 0 Å². The van der Waals surface area contributed by atoms with E-state index < -0.39 is 0 Å². The van der Waals surface area contributed by atoms with Gasteiger partial charge in [-0.2, -0.15) is 0 Å². The molecular weight excluding hydrogens is 388 g/mol. The van der Waals surface area contributed by atoms with E-state index in [1.807, 2.05) is 0 Å². The SMILES string of the molecule is CCC1(CC)c2ccccc2-c2ccc(-c3nc4ccccc4n3-c3ccccc3)cc21. The molecule has 0 unspecified atom stereocenters. The fraction of sp³-hybridized carbons (Fsp3) is 0.167. The molecule has 4 aromatic carbocycles. The summed E-state index contributed by atoms with van der Waals surface area (Å²) >= 11 is 0. The summed E-state index contributed by atoms with van der Waals surface area (Å²) in [6, 6.07) is 34.9. The zero-order valence-corrected chi connectivity index (χ0v) is 18.5. The molecule has 2 nitrogen and oxygen atoms in total. The van der Waals surface area contributed by atoms with Crippen molar-refractivity contribution in [3.8, 4) is 28.2 Å². The summed E-state index contributed by atoms with van der Waals surface area (Å²) < 4.78 is 2.29. The van der Waals surface area contributed by atoms with Crippen LogP contribution in [0.5, 0.6) is 0 Å². The highest BCUT2D eigenvalue weighted by atomic mass is 15.1. The highest BCUT2D eigenvalue weighted by molar-refractivity contribution is 5.86. The van der Waals surface area contributed by atoms with Crippen molar-refractivity contribution in [2.24, 2.45) is 0 Å². The zero-order valence-electron chi connectivity index (χ0n) is 18.5. The standard InChI is InChI=1S/C30H26N2/c1-3-30(4-2)25-15-9-8-14-23(25)24-19-18-21(20-26(24)30)29-31-27-16-10-11-17-28(27)32(29)22-12-6-5-7-13-22/h5-20H,3-4H2,1-2H3. The van der Waals surface area contributed by atoms with Crippen molar-refractivity contribution in [2.75, 3.05) is 0 Å². The Balaban J connectivity index is 1.62. The Labute approximate surface area is 189 Å². The van der Waals surface area contributed by atoms with Gasteiger partial charge in [0.1, 0.15) is 5.82 Å². The monoisotopic (exact) mass is 414 g/mol. The minimum Gasteiger partial charge on any atom is -0.292 e. The molecule has 2 heteroatoms. The van der Waals surface area contributed by atoms with Crippen LogP contribution in [0.1, 0.15) is 37.8 Å². The second-order valence-electron chi connectivity index (χ2n) is 8.69. The first kappa shape index (κ1) is 19.1.